The zero-order valence-electron chi connectivity index (χ0n) is 19.7. The van der Waals surface area contributed by atoms with E-state index in [2.05, 4.69) is 25.0 Å². The van der Waals surface area contributed by atoms with E-state index in [0.29, 0.717) is 41.7 Å². The Morgan fingerprint density at radius 1 is 1.19 bits per heavy atom. The second-order valence-corrected chi connectivity index (χ2v) is 12.6. The molecule has 1 aromatic rings. The lowest BCUT2D eigenvalue weighted by atomic mass is 9.47. The monoisotopic (exact) mass is 435 g/mol. The van der Waals surface area contributed by atoms with Crippen molar-refractivity contribution in [3.05, 3.63) is 18.0 Å². The van der Waals surface area contributed by atoms with Crippen molar-refractivity contribution in [2.24, 2.45) is 58.7 Å². The summed E-state index contributed by atoms with van der Waals surface area (Å²) in [5, 5.41) is 24.0. The Balaban J connectivity index is 1.25. The van der Waals surface area contributed by atoms with Crippen LogP contribution in [0.25, 0.3) is 0 Å². The van der Waals surface area contributed by atoms with E-state index in [1.807, 2.05) is 6.92 Å². The Hall–Kier alpha value is -1.67. The number of hydrogen-bond donors (Lipinski definition) is 1. The van der Waals surface area contributed by atoms with Crippen LogP contribution in [0.5, 0.6) is 0 Å². The molecule has 32 heavy (non-hydrogen) atoms. The lowest BCUT2D eigenvalue weighted by Crippen LogP contribution is -2.52. The van der Waals surface area contributed by atoms with Crippen molar-refractivity contribution in [3.8, 4) is 6.07 Å². The highest BCUT2D eigenvalue weighted by Crippen LogP contribution is 2.76. The van der Waals surface area contributed by atoms with Gasteiger partial charge in [-0.15, -0.1) is 0 Å². The number of Topliss-reactive ketones (excluding diaryl/α,β-unsaturated/α-hetero) is 1. The summed E-state index contributed by atoms with van der Waals surface area (Å²) in [5.74, 6) is 6.15. The molecule has 0 radical (unpaired) electrons. The number of nitriles is 1. The standard InChI is InChI=1S/C27H37N3O2/c1-15-22-23(15)25(21(31)14-30-11-8-17(13-28)29-30)27(3)10-7-19-18-6-9-26(2,32)12-16(18)4-5-20(19)24(22)27/h8,11,15-16,18-20,22-25,32H,4-7,9-10,12,14H2,1-3H3/t15-,16+,18-,19+,20+,22+,23-,24+,25+,26+,27-/m0/s1. The zero-order valence-corrected chi connectivity index (χ0v) is 19.7. The van der Waals surface area contributed by atoms with Crippen LogP contribution in [0.1, 0.15) is 71.4 Å². The molecule has 0 bridgehead atoms. The van der Waals surface area contributed by atoms with E-state index in [9.17, 15) is 9.90 Å². The molecule has 1 aromatic heterocycles. The Bertz CT molecular complexity index is 976. The molecule has 11 atom stereocenters. The summed E-state index contributed by atoms with van der Waals surface area (Å²) in [6.07, 6.45) is 9.91. The van der Waals surface area contributed by atoms with Crippen LogP contribution in [-0.4, -0.2) is 26.3 Å². The molecule has 5 aliphatic carbocycles. The fraction of sp³-hybridized carbons (Fsp3) is 0.815. The summed E-state index contributed by atoms with van der Waals surface area (Å²) in [4.78, 5) is 13.6. The molecule has 1 heterocycles. The minimum Gasteiger partial charge on any atom is -0.390 e. The highest BCUT2D eigenvalue weighted by molar-refractivity contribution is 5.83. The molecule has 5 heteroatoms. The average molecular weight is 436 g/mol. The van der Waals surface area contributed by atoms with Crippen molar-refractivity contribution >= 4 is 5.78 Å². The van der Waals surface area contributed by atoms with Gasteiger partial charge in [0.15, 0.2) is 11.5 Å². The molecule has 0 saturated heterocycles. The Kier molecular flexibility index (Phi) is 4.52. The minimum absolute atomic E-state index is 0.123. The lowest BCUT2D eigenvalue weighted by Gasteiger charge is -2.58. The van der Waals surface area contributed by atoms with Crippen LogP contribution >= 0.6 is 0 Å². The molecule has 1 N–H and O–H groups in total. The molecule has 5 saturated carbocycles. The van der Waals surface area contributed by atoms with E-state index in [-0.39, 0.29) is 11.3 Å². The van der Waals surface area contributed by atoms with Crippen LogP contribution in [0.2, 0.25) is 0 Å². The molecule has 172 valence electrons. The topological polar surface area (TPSA) is 78.9 Å². The zero-order chi connectivity index (χ0) is 22.4. The molecule has 0 aliphatic heterocycles. The molecule has 5 nitrogen and oxygen atoms in total. The van der Waals surface area contributed by atoms with E-state index < -0.39 is 5.60 Å². The predicted molar refractivity (Wildman–Crippen MR) is 120 cm³/mol. The summed E-state index contributed by atoms with van der Waals surface area (Å²) in [7, 11) is 0. The molecule has 0 amide bonds. The molecule has 5 fully saturated rings. The maximum Gasteiger partial charge on any atom is 0.162 e. The van der Waals surface area contributed by atoms with Crippen molar-refractivity contribution in [2.45, 2.75) is 77.9 Å². The van der Waals surface area contributed by atoms with Crippen molar-refractivity contribution in [1.82, 2.24) is 9.78 Å². The van der Waals surface area contributed by atoms with Crippen molar-refractivity contribution in [2.75, 3.05) is 0 Å². The van der Waals surface area contributed by atoms with E-state index in [0.717, 1.165) is 36.5 Å². The minimum atomic E-state index is -0.462. The molecular formula is C27H37N3O2. The SMILES string of the molecule is C[C@H]1[C@@H]2[C@H]1[C@@H](C(=O)Cn1ccc(C#N)n1)[C@@]1(C)CC[C@H]3[C@@H](CC[C@@H]4C[C@](C)(O)CC[C@@H]43)[C@H]21. The van der Waals surface area contributed by atoms with Gasteiger partial charge in [-0.25, -0.2) is 0 Å². The predicted octanol–water partition coefficient (Wildman–Crippen LogP) is 4.45. The maximum atomic E-state index is 13.6. The summed E-state index contributed by atoms with van der Waals surface area (Å²) in [6, 6.07) is 3.76. The first-order valence-electron chi connectivity index (χ1n) is 12.9. The van der Waals surface area contributed by atoms with Crippen LogP contribution in [0.3, 0.4) is 0 Å². The average Bonchev–Trinajstić information content (AvgIpc) is 3.09. The third-order valence-electron chi connectivity index (χ3n) is 11.0. The van der Waals surface area contributed by atoms with Crippen LogP contribution in [-0.2, 0) is 11.3 Å². The van der Waals surface area contributed by atoms with Gasteiger partial charge < -0.3 is 5.11 Å². The normalized spacial score (nSPS) is 51.0. The first kappa shape index (κ1) is 20.9. The lowest BCUT2D eigenvalue weighted by molar-refractivity contribution is -0.137. The summed E-state index contributed by atoms with van der Waals surface area (Å²) < 4.78 is 1.67. The van der Waals surface area contributed by atoms with Gasteiger partial charge in [0.2, 0.25) is 0 Å². The van der Waals surface area contributed by atoms with Gasteiger partial charge in [-0.2, -0.15) is 10.4 Å². The molecule has 6 rings (SSSR count). The van der Waals surface area contributed by atoms with Gasteiger partial charge in [0.25, 0.3) is 0 Å². The molecular weight excluding hydrogens is 398 g/mol. The van der Waals surface area contributed by atoms with E-state index in [1.165, 1.54) is 32.1 Å². The van der Waals surface area contributed by atoms with Crippen molar-refractivity contribution < 1.29 is 9.90 Å². The van der Waals surface area contributed by atoms with Crippen molar-refractivity contribution in [3.63, 3.8) is 0 Å². The van der Waals surface area contributed by atoms with E-state index in [1.54, 1.807) is 16.9 Å². The summed E-state index contributed by atoms with van der Waals surface area (Å²) in [5.41, 5.74) is 0.0451. The fourth-order valence-electron chi connectivity index (χ4n) is 9.85. The number of aromatic nitrogens is 2. The highest BCUT2D eigenvalue weighted by Gasteiger charge is 2.73. The van der Waals surface area contributed by atoms with Gasteiger partial charge in [0, 0.05) is 12.1 Å². The van der Waals surface area contributed by atoms with Gasteiger partial charge >= 0.3 is 0 Å². The van der Waals surface area contributed by atoms with E-state index in [4.69, 9.17) is 5.26 Å². The molecule has 0 spiro atoms. The maximum absolute atomic E-state index is 13.6. The summed E-state index contributed by atoms with van der Waals surface area (Å²) in [6.45, 7) is 7.16. The molecule has 0 aromatic carbocycles. The third kappa shape index (κ3) is 2.91. The van der Waals surface area contributed by atoms with Crippen LogP contribution in [0.4, 0.5) is 0 Å². The van der Waals surface area contributed by atoms with Gasteiger partial charge in [0.1, 0.15) is 6.07 Å². The van der Waals surface area contributed by atoms with Crippen LogP contribution in [0.15, 0.2) is 12.3 Å². The first-order valence-corrected chi connectivity index (χ1v) is 12.9. The number of fused-ring (bicyclic) bond motifs is 7. The van der Waals surface area contributed by atoms with Crippen molar-refractivity contribution in [1.29, 1.82) is 5.26 Å². The Morgan fingerprint density at radius 2 is 1.97 bits per heavy atom. The number of carbonyl (C=O) groups is 1. The second kappa shape index (κ2) is 6.92. The van der Waals surface area contributed by atoms with Crippen LogP contribution < -0.4 is 0 Å². The number of ketones is 1. The number of nitrogens with zero attached hydrogens (tertiary/aromatic N) is 3. The number of hydrogen-bond acceptors (Lipinski definition) is 4. The van der Waals surface area contributed by atoms with Gasteiger partial charge in [-0.3, -0.25) is 9.48 Å². The van der Waals surface area contributed by atoms with E-state index >= 15 is 0 Å². The number of rotatable bonds is 3. The Labute approximate surface area is 191 Å². The Morgan fingerprint density at radius 3 is 2.72 bits per heavy atom. The number of aliphatic hydroxyl groups is 1. The first-order chi connectivity index (χ1) is 15.2. The summed E-state index contributed by atoms with van der Waals surface area (Å²) >= 11 is 0. The smallest absolute Gasteiger partial charge is 0.162 e. The highest BCUT2D eigenvalue weighted by atomic mass is 16.3. The quantitative estimate of drug-likeness (QED) is 0.761. The van der Waals surface area contributed by atoms with Gasteiger partial charge in [0.05, 0.1) is 12.1 Å². The fourth-order valence-corrected chi connectivity index (χ4v) is 9.85. The molecule has 0 unspecified atom stereocenters. The third-order valence-corrected chi connectivity index (χ3v) is 11.0. The number of carbonyl (C=O) groups excluding carboxylic acids is 1. The molecule has 5 aliphatic rings. The largest absolute Gasteiger partial charge is 0.390 e. The van der Waals surface area contributed by atoms with Gasteiger partial charge in [-0.05, 0) is 111 Å². The van der Waals surface area contributed by atoms with Crippen LogP contribution in [0, 0.1) is 70.0 Å². The van der Waals surface area contributed by atoms with Gasteiger partial charge in [-0.1, -0.05) is 13.8 Å². The second-order valence-electron chi connectivity index (χ2n) is 12.6.